The Morgan fingerprint density at radius 3 is 1.82 bits per heavy atom. The predicted octanol–water partition coefficient (Wildman–Crippen LogP) is 5.06. The molecule has 0 aromatic rings. The van der Waals surface area contributed by atoms with Crippen molar-refractivity contribution in [3.63, 3.8) is 0 Å². The van der Waals surface area contributed by atoms with Gasteiger partial charge in [0, 0.05) is 0 Å². The van der Waals surface area contributed by atoms with Crippen molar-refractivity contribution in [2.75, 3.05) is 0 Å². The zero-order valence-corrected chi connectivity index (χ0v) is 12.7. The molecule has 102 valence electrons. The maximum atomic E-state index is 6.04. The van der Waals surface area contributed by atoms with Crippen LogP contribution < -0.4 is 0 Å². The molecule has 0 aromatic heterocycles. The van der Waals surface area contributed by atoms with E-state index in [0.29, 0.717) is 12.0 Å². The molecule has 1 nitrogen and oxygen atoms in total. The van der Waals surface area contributed by atoms with Crippen molar-refractivity contribution in [3.8, 4) is 0 Å². The lowest BCUT2D eigenvalue weighted by atomic mass is 9.91. The topological polar surface area (TPSA) is 9.23 Å². The summed E-state index contributed by atoms with van der Waals surface area (Å²) in [7, 11) is 0. The molecule has 0 aliphatic carbocycles. The molecule has 0 rings (SSSR count). The Bertz CT molecular complexity index is 196. The fourth-order valence-corrected chi connectivity index (χ4v) is 2.44. The first-order valence-corrected chi connectivity index (χ1v) is 7.13. The molecule has 3 unspecified atom stereocenters. The van der Waals surface area contributed by atoms with E-state index in [0.717, 1.165) is 18.3 Å². The van der Waals surface area contributed by atoms with E-state index >= 15 is 0 Å². The molecule has 0 saturated carbocycles. The Hall–Kier alpha value is -0.300. The van der Waals surface area contributed by atoms with Gasteiger partial charge in [-0.25, -0.2) is 0 Å². The molecule has 1 heteroatoms. The fraction of sp³-hybridized carbons (Fsp3) is 0.875. The molecule has 0 fully saturated rings. The largest absolute Gasteiger partial charge is 0.371 e. The van der Waals surface area contributed by atoms with Crippen LogP contribution in [0.1, 0.15) is 60.8 Å². The number of rotatable bonds is 9. The average molecular weight is 240 g/mol. The standard InChI is InChI=1S/C16H32O/c1-8-15(7)17-16(10-13(4)5)11-14(6)9-12(2)3/h8,12-16H,1,9-11H2,2-7H3. The number of hydrogen-bond donors (Lipinski definition) is 0. The molecule has 0 aromatic carbocycles. The smallest absolute Gasteiger partial charge is 0.0728 e. The highest BCUT2D eigenvalue weighted by molar-refractivity contribution is 4.78. The van der Waals surface area contributed by atoms with Crippen molar-refractivity contribution in [1.82, 2.24) is 0 Å². The Balaban J connectivity index is 4.21. The van der Waals surface area contributed by atoms with Crippen LogP contribution in [-0.2, 0) is 4.74 Å². The van der Waals surface area contributed by atoms with Crippen molar-refractivity contribution >= 4 is 0 Å². The van der Waals surface area contributed by atoms with Gasteiger partial charge in [0.1, 0.15) is 0 Å². The van der Waals surface area contributed by atoms with Crippen LogP contribution in [0.15, 0.2) is 12.7 Å². The van der Waals surface area contributed by atoms with Gasteiger partial charge in [0.2, 0.25) is 0 Å². The summed E-state index contributed by atoms with van der Waals surface area (Å²) in [6.07, 6.45) is 6.07. The fourth-order valence-electron chi connectivity index (χ4n) is 2.44. The Kier molecular flexibility index (Phi) is 8.59. The van der Waals surface area contributed by atoms with Crippen molar-refractivity contribution in [1.29, 1.82) is 0 Å². The SMILES string of the molecule is C=CC(C)OC(CC(C)C)CC(C)CC(C)C. The molecule has 0 bridgehead atoms. The third-order valence-electron chi connectivity index (χ3n) is 3.01. The molecule has 0 spiro atoms. The highest BCUT2D eigenvalue weighted by Crippen LogP contribution is 2.22. The van der Waals surface area contributed by atoms with Gasteiger partial charge in [0.05, 0.1) is 12.2 Å². The molecule has 0 heterocycles. The van der Waals surface area contributed by atoms with Crippen LogP contribution in [-0.4, -0.2) is 12.2 Å². The van der Waals surface area contributed by atoms with Gasteiger partial charge < -0.3 is 4.74 Å². The Labute approximate surface area is 109 Å². The molecule has 0 N–H and O–H groups in total. The second-order valence-corrected chi connectivity index (χ2v) is 6.30. The van der Waals surface area contributed by atoms with Crippen LogP contribution in [0.5, 0.6) is 0 Å². The second kappa shape index (κ2) is 8.74. The molecular formula is C16H32O. The van der Waals surface area contributed by atoms with E-state index < -0.39 is 0 Å². The van der Waals surface area contributed by atoms with Gasteiger partial charge in [-0.2, -0.15) is 0 Å². The third kappa shape index (κ3) is 9.41. The van der Waals surface area contributed by atoms with Crippen LogP contribution in [0.3, 0.4) is 0 Å². The van der Waals surface area contributed by atoms with E-state index in [4.69, 9.17) is 4.74 Å². The van der Waals surface area contributed by atoms with Crippen LogP contribution in [0.2, 0.25) is 0 Å². The van der Waals surface area contributed by atoms with Crippen LogP contribution in [0.25, 0.3) is 0 Å². The summed E-state index contributed by atoms with van der Waals surface area (Å²) < 4.78 is 6.04. The summed E-state index contributed by atoms with van der Waals surface area (Å²) in [5, 5.41) is 0. The summed E-state index contributed by atoms with van der Waals surface area (Å²) in [5.41, 5.74) is 0. The van der Waals surface area contributed by atoms with Gasteiger partial charge in [0.15, 0.2) is 0 Å². The highest BCUT2D eigenvalue weighted by atomic mass is 16.5. The summed E-state index contributed by atoms with van der Waals surface area (Å²) in [6, 6.07) is 0. The van der Waals surface area contributed by atoms with E-state index in [1.807, 2.05) is 6.08 Å². The third-order valence-corrected chi connectivity index (χ3v) is 3.01. The zero-order valence-electron chi connectivity index (χ0n) is 12.7. The van der Waals surface area contributed by atoms with Gasteiger partial charge in [0.25, 0.3) is 0 Å². The normalized spacial score (nSPS) is 17.2. The van der Waals surface area contributed by atoms with Gasteiger partial charge in [-0.3, -0.25) is 0 Å². The Morgan fingerprint density at radius 1 is 0.882 bits per heavy atom. The van der Waals surface area contributed by atoms with Crippen molar-refractivity contribution in [3.05, 3.63) is 12.7 Å². The number of ether oxygens (including phenoxy) is 1. The van der Waals surface area contributed by atoms with Crippen LogP contribution >= 0.6 is 0 Å². The summed E-state index contributed by atoms with van der Waals surface area (Å²) in [5.74, 6) is 2.22. The molecule has 17 heavy (non-hydrogen) atoms. The van der Waals surface area contributed by atoms with Crippen LogP contribution in [0.4, 0.5) is 0 Å². The second-order valence-electron chi connectivity index (χ2n) is 6.30. The minimum Gasteiger partial charge on any atom is -0.371 e. The van der Waals surface area contributed by atoms with Gasteiger partial charge >= 0.3 is 0 Å². The quantitative estimate of drug-likeness (QED) is 0.512. The van der Waals surface area contributed by atoms with E-state index in [-0.39, 0.29) is 6.10 Å². The van der Waals surface area contributed by atoms with Gasteiger partial charge in [-0.15, -0.1) is 6.58 Å². The minimum absolute atomic E-state index is 0.171. The highest BCUT2D eigenvalue weighted by Gasteiger charge is 2.17. The van der Waals surface area contributed by atoms with E-state index in [2.05, 4.69) is 48.1 Å². The van der Waals surface area contributed by atoms with Gasteiger partial charge in [-0.05, 0) is 43.9 Å². The van der Waals surface area contributed by atoms with E-state index in [1.165, 1.54) is 12.8 Å². The lowest BCUT2D eigenvalue weighted by molar-refractivity contribution is -0.00358. The zero-order chi connectivity index (χ0) is 13.4. The first-order chi connectivity index (χ1) is 7.85. The Morgan fingerprint density at radius 2 is 1.41 bits per heavy atom. The lowest BCUT2D eigenvalue weighted by Crippen LogP contribution is -2.23. The van der Waals surface area contributed by atoms with Crippen molar-refractivity contribution in [2.45, 2.75) is 73.0 Å². The summed E-state index contributed by atoms with van der Waals surface area (Å²) in [4.78, 5) is 0. The molecular weight excluding hydrogens is 208 g/mol. The maximum Gasteiger partial charge on any atom is 0.0728 e. The average Bonchev–Trinajstić information content (AvgIpc) is 2.14. The number of hydrogen-bond acceptors (Lipinski definition) is 1. The maximum absolute atomic E-state index is 6.04. The van der Waals surface area contributed by atoms with Crippen LogP contribution in [0, 0.1) is 17.8 Å². The molecule has 0 aliphatic heterocycles. The predicted molar refractivity (Wildman–Crippen MR) is 77.2 cm³/mol. The van der Waals surface area contributed by atoms with E-state index in [1.54, 1.807) is 0 Å². The molecule has 3 atom stereocenters. The van der Waals surface area contributed by atoms with Gasteiger partial charge in [-0.1, -0.05) is 40.7 Å². The molecule has 0 radical (unpaired) electrons. The summed E-state index contributed by atoms with van der Waals surface area (Å²) in [6.45, 7) is 17.3. The molecule has 0 saturated heterocycles. The molecule has 0 aliphatic rings. The minimum atomic E-state index is 0.171. The lowest BCUT2D eigenvalue weighted by Gasteiger charge is -2.26. The van der Waals surface area contributed by atoms with E-state index in [9.17, 15) is 0 Å². The molecule has 0 amide bonds. The first-order valence-electron chi connectivity index (χ1n) is 7.13. The first kappa shape index (κ1) is 16.7. The monoisotopic (exact) mass is 240 g/mol. The van der Waals surface area contributed by atoms with Crippen molar-refractivity contribution < 1.29 is 4.74 Å². The van der Waals surface area contributed by atoms with Crippen molar-refractivity contribution in [2.24, 2.45) is 17.8 Å². The summed E-state index contributed by atoms with van der Waals surface area (Å²) >= 11 is 0.